The zero-order chi connectivity index (χ0) is 16.5. The van der Waals surface area contributed by atoms with Crippen molar-refractivity contribution in [2.24, 2.45) is 0 Å². The van der Waals surface area contributed by atoms with Crippen molar-refractivity contribution in [3.05, 3.63) is 76.8 Å². The highest BCUT2D eigenvalue weighted by Crippen LogP contribution is 2.32. The van der Waals surface area contributed by atoms with Crippen LogP contribution in [0, 0.1) is 0 Å². The monoisotopic (exact) mass is 317 g/mol. The molecule has 0 unspecified atom stereocenters. The summed E-state index contributed by atoms with van der Waals surface area (Å²) in [6.07, 6.45) is 0.639. The van der Waals surface area contributed by atoms with Crippen molar-refractivity contribution in [2.45, 2.75) is 0 Å². The van der Waals surface area contributed by atoms with Crippen LogP contribution in [0.4, 0.5) is 0 Å². The van der Waals surface area contributed by atoms with Gasteiger partial charge in [-0.15, -0.1) is 0 Å². The zero-order valence-corrected chi connectivity index (χ0v) is 12.4. The number of carbonyl (C=O) groups is 1. The Morgan fingerprint density at radius 3 is 2.38 bits per heavy atom. The molecule has 0 spiro atoms. The van der Waals surface area contributed by atoms with E-state index >= 15 is 0 Å². The molecular weight excluding hydrogens is 306 g/mol. The number of rotatable bonds is 3. The quantitative estimate of drug-likeness (QED) is 0.535. The zero-order valence-electron chi connectivity index (χ0n) is 12.4. The van der Waals surface area contributed by atoms with Gasteiger partial charge in [0.15, 0.2) is 12.0 Å². The third-order valence-electron chi connectivity index (χ3n) is 3.70. The normalized spacial score (nSPS) is 10.8. The van der Waals surface area contributed by atoms with Crippen molar-refractivity contribution in [1.29, 1.82) is 0 Å². The van der Waals surface area contributed by atoms with Crippen molar-refractivity contribution in [3.63, 3.8) is 0 Å². The highest BCUT2D eigenvalue weighted by atomic mass is 16.4. The summed E-state index contributed by atoms with van der Waals surface area (Å²) in [5, 5.41) is 0.431. The molecule has 4 aromatic rings. The number of fused-ring (bicyclic) bond motifs is 1. The van der Waals surface area contributed by atoms with Crippen LogP contribution in [0.5, 0.6) is 0 Å². The molecule has 0 amide bonds. The van der Waals surface area contributed by atoms with E-state index in [0.717, 1.165) is 0 Å². The smallest absolute Gasteiger partial charge is 0.347 e. The van der Waals surface area contributed by atoms with Crippen molar-refractivity contribution in [3.8, 4) is 22.8 Å². The lowest BCUT2D eigenvalue weighted by Crippen LogP contribution is -2.03. The molecule has 0 N–H and O–H groups in total. The summed E-state index contributed by atoms with van der Waals surface area (Å²) in [6.45, 7) is 0. The molecule has 0 saturated carbocycles. The minimum absolute atomic E-state index is 0.207. The van der Waals surface area contributed by atoms with Gasteiger partial charge in [0, 0.05) is 11.1 Å². The first-order valence-electron chi connectivity index (χ1n) is 7.31. The van der Waals surface area contributed by atoms with E-state index in [2.05, 4.69) is 4.98 Å². The lowest BCUT2D eigenvalue weighted by Gasteiger charge is -2.06. The van der Waals surface area contributed by atoms with E-state index in [9.17, 15) is 9.59 Å². The van der Waals surface area contributed by atoms with Gasteiger partial charge in [0.2, 0.25) is 5.89 Å². The fraction of sp³-hybridized carbons (Fsp3) is 0. The summed E-state index contributed by atoms with van der Waals surface area (Å²) in [7, 11) is 0. The number of furan rings is 1. The molecule has 0 aliphatic rings. The number of para-hydroxylation sites is 1. The van der Waals surface area contributed by atoms with Crippen molar-refractivity contribution in [1.82, 2.24) is 4.98 Å². The maximum absolute atomic E-state index is 12.2. The van der Waals surface area contributed by atoms with Crippen LogP contribution in [0.1, 0.15) is 10.6 Å². The number of carbonyl (C=O) groups excluding carboxylic acids is 1. The number of hydrogen-bond acceptors (Lipinski definition) is 5. The van der Waals surface area contributed by atoms with Gasteiger partial charge < -0.3 is 8.83 Å². The Kier molecular flexibility index (Phi) is 3.31. The lowest BCUT2D eigenvalue weighted by atomic mass is 10.1. The van der Waals surface area contributed by atoms with Crippen LogP contribution < -0.4 is 5.63 Å². The van der Waals surface area contributed by atoms with Crippen LogP contribution in [-0.4, -0.2) is 11.3 Å². The van der Waals surface area contributed by atoms with Gasteiger partial charge in [-0.2, -0.15) is 0 Å². The SMILES string of the molecule is O=Cc1ccc(-c2ccccc2-c2nc3ccccc3c(=O)o2)o1. The van der Waals surface area contributed by atoms with E-state index in [4.69, 9.17) is 8.83 Å². The van der Waals surface area contributed by atoms with Crippen LogP contribution in [0.15, 0.2) is 74.3 Å². The summed E-state index contributed by atoms with van der Waals surface area (Å²) in [4.78, 5) is 27.5. The molecule has 0 saturated heterocycles. The van der Waals surface area contributed by atoms with E-state index < -0.39 is 5.63 Å². The first-order chi connectivity index (χ1) is 11.8. The third-order valence-corrected chi connectivity index (χ3v) is 3.70. The average molecular weight is 317 g/mol. The molecule has 116 valence electrons. The fourth-order valence-corrected chi connectivity index (χ4v) is 2.58. The maximum atomic E-state index is 12.2. The van der Waals surface area contributed by atoms with Crippen LogP contribution in [-0.2, 0) is 0 Å². The Morgan fingerprint density at radius 2 is 1.58 bits per heavy atom. The van der Waals surface area contributed by atoms with Crippen molar-refractivity contribution >= 4 is 17.2 Å². The Labute approximate surface area is 136 Å². The number of hydrogen-bond donors (Lipinski definition) is 0. The molecule has 0 fully saturated rings. The Morgan fingerprint density at radius 1 is 0.833 bits per heavy atom. The molecule has 0 atom stereocenters. The summed E-state index contributed by atoms with van der Waals surface area (Å²) < 4.78 is 10.9. The molecular formula is C19H11NO4. The summed E-state index contributed by atoms with van der Waals surface area (Å²) in [5.41, 5.74) is 1.42. The van der Waals surface area contributed by atoms with Gasteiger partial charge in [-0.05, 0) is 30.3 Å². The van der Waals surface area contributed by atoms with Crippen LogP contribution in [0.3, 0.4) is 0 Å². The van der Waals surface area contributed by atoms with Crippen LogP contribution in [0.2, 0.25) is 0 Å². The molecule has 5 nitrogen and oxygen atoms in total. The highest BCUT2D eigenvalue weighted by Gasteiger charge is 2.15. The predicted octanol–water partition coefficient (Wildman–Crippen LogP) is 3.93. The van der Waals surface area contributed by atoms with E-state index in [-0.39, 0.29) is 11.7 Å². The second-order valence-corrected chi connectivity index (χ2v) is 5.19. The first-order valence-corrected chi connectivity index (χ1v) is 7.31. The van der Waals surface area contributed by atoms with E-state index in [1.807, 2.05) is 24.3 Å². The molecule has 0 aliphatic carbocycles. The summed E-state index contributed by atoms with van der Waals surface area (Å²) in [6, 6.07) is 17.6. The van der Waals surface area contributed by atoms with Gasteiger partial charge in [0.05, 0.1) is 10.9 Å². The molecule has 2 aromatic heterocycles. The predicted molar refractivity (Wildman–Crippen MR) is 88.8 cm³/mol. The second kappa shape index (κ2) is 5.62. The van der Waals surface area contributed by atoms with Gasteiger partial charge in [-0.1, -0.05) is 30.3 Å². The Balaban J connectivity index is 1.94. The number of benzene rings is 2. The summed E-state index contributed by atoms with van der Waals surface area (Å²) >= 11 is 0. The van der Waals surface area contributed by atoms with E-state index in [1.54, 1.807) is 36.4 Å². The first kappa shape index (κ1) is 14.1. The van der Waals surface area contributed by atoms with Crippen LogP contribution >= 0.6 is 0 Å². The second-order valence-electron chi connectivity index (χ2n) is 5.19. The number of nitrogens with zero attached hydrogens (tertiary/aromatic N) is 1. The standard InChI is InChI=1S/C19H11NO4/c21-11-12-9-10-17(23-12)13-5-1-2-6-14(13)18-20-16-8-4-3-7-15(16)19(22)24-18/h1-11H. The molecule has 2 heterocycles. The molecule has 24 heavy (non-hydrogen) atoms. The third kappa shape index (κ3) is 2.32. The minimum Gasteiger partial charge on any atom is -0.453 e. The highest BCUT2D eigenvalue weighted by molar-refractivity contribution is 5.83. The van der Waals surface area contributed by atoms with Gasteiger partial charge in [0.25, 0.3) is 0 Å². The van der Waals surface area contributed by atoms with Gasteiger partial charge in [-0.3, -0.25) is 4.79 Å². The Hall–Kier alpha value is -3.47. The van der Waals surface area contributed by atoms with Crippen LogP contribution in [0.25, 0.3) is 33.7 Å². The summed E-state index contributed by atoms with van der Waals surface area (Å²) in [5.74, 6) is 0.941. The molecule has 4 rings (SSSR count). The molecule has 0 bridgehead atoms. The van der Waals surface area contributed by atoms with Crippen molar-refractivity contribution < 1.29 is 13.6 Å². The molecule has 0 radical (unpaired) electrons. The molecule has 2 aromatic carbocycles. The lowest BCUT2D eigenvalue weighted by molar-refractivity contribution is 0.110. The Bertz CT molecular complexity index is 1110. The maximum Gasteiger partial charge on any atom is 0.347 e. The fourth-order valence-electron chi connectivity index (χ4n) is 2.58. The largest absolute Gasteiger partial charge is 0.453 e. The van der Waals surface area contributed by atoms with Gasteiger partial charge in [0.1, 0.15) is 5.76 Å². The molecule has 0 aliphatic heterocycles. The van der Waals surface area contributed by atoms with Crippen molar-refractivity contribution in [2.75, 3.05) is 0 Å². The number of aromatic nitrogens is 1. The molecule has 5 heteroatoms. The van der Waals surface area contributed by atoms with Gasteiger partial charge in [-0.25, -0.2) is 9.78 Å². The topological polar surface area (TPSA) is 73.3 Å². The average Bonchev–Trinajstić information content (AvgIpc) is 3.11. The van der Waals surface area contributed by atoms with E-state index in [0.29, 0.717) is 34.1 Å². The van der Waals surface area contributed by atoms with E-state index in [1.165, 1.54) is 0 Å². The minimum atomic E-state index is -0.446. The van der Waals surface area contributed by atoms with Gasteiger partial charge >= 0.3 is 5.63 Å². The number of aldehydes is 1.